The van der Waals surface area contributed by atoms with Gasteiger partial charge in [0.1, 0.15) is 12.4 Å². The van der Waals surface area contributed by atoms with E-state index < -0.39 is 9.84 Å². The standard InChI is InChI=1S/C22H28N2O3S/c1-16-4-6-21(7-5-16)28(25,26)10-2-3-17-12-22(17)18-11-20(14-23-13-18)27-15-19-8-9-24-19/h4-7,11,13-14,17,19,22,24H,2-3,8-10,12,15H2,1H3/t17-,19-,22-/m0/s1. The molecule has 2 aliphatic rings. The number of sulfone groups is 1. The molecule has 2 fully saturated rings. The summed E-state index contributed by atoms with van der Waals surface area (Å²) in [5.74, 6) is 2.09. The molecule has 0 amide bonds. The summed E-state index contributed by atoms with van der Waals surface area (Å²) in [5, 5.41) is 3.33. The van der Waals surface area contributed by atoms with Crippen LogP contribution < -0.4 is 10.1 Å². The topological polar surface area (TPSA) is 68.3 Å². The summed E-state index contributed by atoms with van der Waals surface area (Å²) in [4.78, 5) is 4.76. The third kappa shape index (κ3) is 4.73. The molecule has 0 spiro atoms. The van der Waals surface area contributed by atoms with Gasteiger partial charge in [-0.2, -0.15) is 0 Å². The number of pyridine rings is 1. The lowest BCUT2D eigenvalue weighted by molar-refractivity contribution is 0.217. The summed E-state index contributed by atoms with van der Waals surface area (Å²) < 4.78 is 30.8. The molecule has 28 heavy (non-hydrogen) atoms. The summed E-state index contributed by atoms with van der Waals surface area (Å²) in [6.45, 7) is 3.73. The Balaban J connectivity index is 1.25. The molecule has 2 heterocycles. The third-order valence-corrected chi connectivity index (χ3v) is 7.65. The van der Waals surface area contributed by atoms with Crippen LogP contribution in [0.3, 0.4) is 0 Å². The minimum Gasteiger partial charge on any atom is -0.490 e. The van der Waals surface area contributed by atoms with E-state index in [1.54, 1.807) is 18.3 Å². The minimum absolute atomic E-state index is 0.217. The van der Waals surface area contributed by atoms with E-state index in [4.69, 9.17) is 4.74 Å². The number of nitrogens with zero attached hydrogens (tertiary/aromatic N) is 1. The number of ether oxygens (including phenoxy) is 1. The predicted octanol–water partition coefficient (Wildman–Crippen LogP) is 3.49. The Bertz CT molecular complexity index is 908. The zero-order valence-corrected chi connectivity index (χ0v) is 17.1. The molecule has 3 atom stereocenters. The van der Waals surface area contributed by atoms with Gasteiger partial charge in [0.2, 0.25) is 0 Å². The molecule has 2 aromatic rings. The molecule has 0 radical (unpaired) electrons. The highest BCUT2D eigenvalue weighted by atomic mass is 32.2. The van der Waals surface area contributed by atoms with Crippen molar-refractivity contribution in [3.05, 3.63) is 53.9 Å². The van der Waals surface area contributed by atoms with Crippen molar-refractivity contribution in [2.45, 2.75) is 49.5 Å². The SMILES string of the molecule is Cc1ccc(S(=O)(=O)CCC[C@H]2C[C@@H]2c2cncc(OC[C@@H]3CCN3)c2)cc1. The summed E-state index contributed by atoms with van der Waals surface area (Å²) in [5.41, 5.74) is 2.29. The van der Waals surface area contributed by atoms with Crippen LogP contribution in [0.25, 0.3) is 0 Å². The molecule has 0 bridgehead atoms. The van der Waals surface area contributed by atoms with Gasteiger partial charge in [0.25, 0.3) is 0 Å². The molecule has 4 rings (SSSR count). The average molecular weight is 401 g/mol. The lowest BCUT2D eigenvalue weighted by atomic mass is 10.1. The Morgan fingerprint density at radius 2 is 2.00 bits per heavy atom. The molecule has 0 unspecified atom stereocenters. The van der Waals surface area contributed by atoms with Crippen LogP contribution >= 0.6 is 0 Å². The average Bonchev–Trinajstić information content (AvgIpc) is 3.40. The Morgan fingerprint density at radius 3 is 2.71 bits per heavy atom. The van der Waals surface area contributed by atoms with Gasteiger partial charge in [0.15, 0.2) is 9.84 Å². The maximum atomic E-state index is 12.5. The summed E-state index contributed by atoms with van der Waals surface area (Å²) >= 11 is 0. The first-order valence-electron chi connectivity index (χ1n) is 10.1. The summed E-state index contributed by atoms with van der Waals surface area (Å²) in [6, 6.07) is 9.69. The summed E-state index contributed by atoms with van der Waals surface area (Å²) in [6.07, 6.45) is 7.61. The van der Waals surface area contributed by atoms with Gasteiger partial charge in [-0.25, -0.2) is 8.42 Å². The smallest absolute Gasteiger partial charge is 0.178 e. The Hall–Kier alpha value is -1.92. The first-order chi connectivity index (χ1) is 13.5. The molecule has 150 valence electrons. The van der Waals surface area contributed by atoms with Crippen LogP contribution in [0.2, 0.25) is 0 Å². The van der Waals surface area contributed by atoms with E-state index in [0.717, 1.165) is 30.7 Å². The third-order valence-electron chi connectivity index (χ3n) is 5.83. The molecule has 1 aliphatic carbocycles. The highest BCUT2D eigenvalue weighted by Crippen LogP contribution is 2.50. The Kier molecular flexibility index (Phi) is 5.69. The molecule has 1 aromatic carbocycles. The maximum absolute atomic E-state index is 12.5. The van der Waals surface area contributed by atoms with Crippen LogP contribution in [0.1, 0.15) is 42.7 Å². The number of rotatable bonds is 9. The number of nitrogens with one attached hydrogen (secondary N) is 1. The number of hydrogen-bond donors (Lipinski definition) is 1. The lowest BCUT2D eigenvalue weighted by Crippen LogP contribution is -2.46. The van der Waals surface area contributed by atoms with E-state index in [1.165, 1.54) is 12.0 Å². The molecular weight excluding hydrogens is 372 g/mol. The van der Waals surface area contributed by atoms with Crippen LogP contribution in [0.4, 0.5) is 0 Å². The first kappa shape index (κ1) is 19.4. The largest absolute Gasteiger partial charge is 0.490 e. The molecule has 1 aliphatic heterocycles. The summed E-state index contributed by atoms with van der Waals surface area (Å²) in [7, 11) is -3.18. The van der Waals surface area contributed by atoms with Crippen LogP contribution in [-0.4, -0.2) is 38.3 Å². The lowest BCUT2D eigenvalue weighted by Gasteiger charge is -2.27. The van der Waals surface area contributed by atoms with Crippen molar-refractivity contribution in [2.75, 3.05) is 18.9 Å². The zero-order chi connectivity index (χ0) is 19.6. The minimum atomic E-state index is -3.18. The van der Waals surface area contributed by atoms with Crippen molar-refractivity contribution in [3.63, 3.8) is 0 Å². The van der Waals surface area contributed by atoms with Crippen molar-refractivity contribution in [1.29, 1.82) is 0 Å². The molecular formula is C22H28N2O3S. The van der Waals surface area contributed by atoms with Crippen LogP contribution in [0, 0.1) is 12.8 Å². The molecule has 1 aromatic heterocycles. The van der Waals surface area contributed by atoms with Crippen molar-refractivity contribution >= 4 is 9.84 Å². The van der Waals surface area contributed by atoms with E-state index in [0.29, 0.717) is 35.8 Å². The predicted molar refractivity (Wildman–Crippen MR) is 109 cm³/mol. The Labute approximate surface area is 167 Å². The molecule has 1 saturated heterocycles. The van der Waals surface area contributed by atoms with Crippen LogP contribution in [0.5, 0.6) is 5.75 Å². The highest BCUT2D eigenvalue weighted by Gasteiger charge is 2.38. The number of benzene rings is 1. The second-order valence-electron chi connectivity index (χ2n) is 8.08. The quantitative estimate of drug-likeness (QED) is 0.698. The van der Waals surface area contributed by atoms with Gasteiger partial charge in [-0.15, -0.1) is 0 Å². The monoisotopic (exact) mass is 400 g/mol. The maximum Gasteiger partial charge on any atom is 0.178 e. The number of aryl methyl sites for hydroxylation is 1. The van der Waals surface area contributed by atoms with Crippen molar-refractivity contribution < 1.29 is 13.2 Å². The van der Waals surface area contributed by atoms with Gasteiger partial charge < -0.3 is 10.1 Å². The fourth-order valence-electron chi connectivity index (χ4n) is 3.78. The van der Waals surface area contributed by atoms with Gasteiger partial charge in [0.05, 0.1) is 16.8 Å². The van der Waals surface area contributed by atoms with Gasteiger partial charge >= 0.3 is 0 Å². The fraction of sp³-hybridized carbons (Fsp3) is 0.500. The van der Waals surface area contributed by atoms with Crippen LogP contribution in [-0.2, 0) is 9.84 Å². The van der Waals surface area contributed by atoms with Crippen molar-refractivity contribution in [2.24, 2.45) is 5.92 Å². The van der Waals surface area contributed by atoms with E-state index >= 15 is 0 Å². The van der Waals surface area contributed by atoms with E-state index in [1.807, 2.05) is 25.3 Å². The van der Waals surface area contributed by atoms with Gasteiger partial charge in [-0.3, -0.25) is 4.98 Å². The van der Waals surface area contributed by atoms with Gasteiger partial charge in [-0.1, -0.05) is 17.7 Å². The van der Waals surface area contributed by atoms with E-state index in [2.05, 4.69) is 16.4 Å². The van der Waals surface area contributed by atoms with E-state index in [-0.39, 0.29) is 5.75 Å². The first-order valence-corrected chi connectivity index (χ1v) is 11.8. The van der Waals surface area contributed by atoms with Gasteiger partial charge in [0, 0.05) is 12.2 Å². The van der Waals surface area contributed by atoms with Crippen molar-refractivity contribution in [3.8, 4) is 5.75 Å². The number of hydrogen-bond acceptors (Lipinski definition) is 5. The molecule has 1 saturated carbocycles. The molecule has 5 nitrogen and oxygen atoms in total. The highest BCUT2D eigenvalue weighted by molar-refractivity contribution is 7.91. The Morgan fingerprint density at radius 1 is 1.21 bits per heavy atom. The number of aromatic nitrogens is 1. The molecule has 1 N–H and O–H groups in total. The van der Waals surface area contributed by atoms with E-state index in [9.17, 15) is 8.42 Å². The van der Waals surface area contributed by atoms with Gasteiger partial charge in [-0.05, 0) is 74.8 Å². The second-order valence-corrected chi connectivity index (χ2v) is 10.2. The molecule has 6 heteroatoms. The zero-order valence-electron chi connectivity index (χ0n) is 16.3. The van der Waals surface area contributed by atoms with Crippen molar-refractivity contribution in [1.82, 2.24) is 10.3 Å². The fourth-order valence-corrected chi connectivity index (χ4v) is 5.11. The second kappa shape index (κ2) is 8.21. The normalized spacial score (nSPS) is 23.8. The van der Waals surface area contributed by atoms with Crippen LogP contribution in [0.15, 0.2) is 47.6 Å².